The molecule has 0 saturated carbocycles. The Hall–Kier alpha value is -2.02. The van der Waals surface area contributed by atoms with Gasteiger partial charge < -0.3 is 5.43 Å². The predicted octanol–water partition coefficient (Wildman–Crippen LogP) is -0.657. The van der Waals surface area contributed by atoms with Crippen molar-refractivity contribution >= 4 is 5.82 Å². The summed E-state index contributed by atoms with van der Waals surface area (Å²) >= 11 is 0. The van der Waals surface area contributed by atoms with Gasteiger partial charge in [0, 0.05) is 6.07 Å². The van der Waals surface area contributed by atoms with Crippen molar-refractivity contribution in [3.8, 4) is 5.82 Å². The Balaban J connectivity index is 2.41. The second-order valence-corrected chi connectivity index (χ2v) is 2.25. The van der Waals surface area contributed by atoms with Crippen LogP contribution >= 0.6 is 0 Å². The normalized spacial score (nSPS) is 9.92. The predicted molar refractivity (Wildman–Crippen MR) is 44.8 cm³/mol. The molecule has 0 aliphatic heterocycles. The van der Waals surface area contributed by atoms with E-state index in [-0.39, 0.29) is 0 Å². The quantitative estimate of drug-likeness (QED) is 0.467. The van der Waals surface area contributed by atoms with E-state index in [1.807, 2.05) is 0 Å². The van der Waals surface area contributed by atoms with E-state index < -0.39 is 0 Å². The largest absolute Gasteiger partial charge is 0.308 e. The molecule has 2 rings (SSSR count). The summed E-state index contributed by atoms with van der Waals surface area (Å²) < 4.78 is 1.52. The number of hydrazine groups is 1. The van der Waals surface area contributed by atoms with Crippen LogP contribution in [0.3, 0.4) is 0 Å². The highest BCUT2D eigenvalue weighted by Gasteiger charge is 1.99. The van der Waals surface area contributed by atoms with E-state index in [0.717, 1.165) is 0 Å². The SMILES string of the molecule is NNc1cc(-n2cncn2)ncn1. The van der Waals surface area contributed by atoms with E-state index in [1.165, 1.54) is 17.3 Å². The van der Waals surface area contributed by atoms with Crippen LogP contribution in [-0.2, 0) is 0 Å². The Morgan fingerprint density at radius 1 is 1.31 bits per heavy atom. The number of nitrogens with one attached hydrogen (secondary N) is 1. The van der Waals surface area contributed by atoms with Gasteiger partial charge >= 0.3 is 0 Å². The van der Waals surface area contributed by atoms with E-state index >= 15 is 0 Å². The van der Waals surface area contributed by atoms with Crippen LogP contribution in [-0.4, -0.2) is 24.7 Å². The number of rotatable bonds is 2. The minimum absolute atomic E-state index is 0.528. The third-order valence-corrected chi connectivity index (χ3v) is 1.45. The molecule has 0 fully saturated rings. The number of hydrogen-bond donors (Lipinski definition) is 2. The fourth-order valence-electron chi connectivity index (χ4n) is 0.878. The maximum atomic E-state index is 5.19. The van der Waals surface area contributed by atoms with Crippen LogP contribution in [0.2, 0.25) is 0 Å². The van der Waals surface area contributed by atoms with Crippen LogP contribution in [0.4, 0.5) is 5.82 Å². The van der Waals surface area contributed by atoms with Gasteiger partial charge in [-0.25, -0.2) is 25.5 Å². The second-order valence-electron chi connectivity index (χ2n) is 2.25. The van der Waals surface area contributed by atoms with Gasteiger partial charge in [0.2, 0.25) is 0 Å². The standard InChI is InChI=1S/C6H7N7/c7-12-5-1-6(10-3-9-5)13-4-8-2-11-13/h1-4H,7H2,(H,9,10,12). The molecule has 0 aromatic carbocycles. The summed E-state index contributed by atoms with van der Waals surface area (Å²) in [5.41, 5.74) is 2.42. The van der Waals surface area contributed by atoms with Crippen molar-refractivity contribution in [1.29, 1.82) is 0 Å². The summed E-state index contributed by atoms with van der Waals surface area (Å²) in [5.74, 6) is 6.33. The van der Waals surface area contributed by atoms with Crippen molar-refractivity contribution in [2.24, 2.45) is 5.84 Å². The minimum Gasteiger partial charge on any atom is -0.308 e. The molecule has 0 atom stereocenters. The number of nitrogen functional groups attached to an aromatic ring is 1. The molecule has 7 heteroatoms. The molecule has 0 bridgehead atoms. The molecular weight excluding hydrogens is 170 g/mol. The first-order chi connectivity index (χ1) is 6.40. The molecule has 2 heterocycles. The summed E-state index contributed by atoms with van der Waals surface area (Å²) in [4.78, 5) is 11.6. The van der Waals surface area contributed by atoms with Gasteiger partial charge in [-0.05, 0) is 0 Å². The van der Waals surface area contributed by atoms with Crippen LogP contribution < -0.4 is 11.3 Å². The average Bonchev–Trinajstić information content (AvgIpc) is 2.71. The maximum absolute atomic E-state index is 5.19. The van der Waals surface area contributed by atoms with Gasteiger partial charge in [0.15, 0.2) is 5.82 Å². The van der Waals surface area contributed by atoms with E-state index in [2.05, 4.69) is 25.5 Å². The molecule has 0 radical (unpaired) electrons. The molecular formula is C6H7N7. The number of nitrogens with two attached hydrogens (primary N) is 1. The zero-order valence-electron chi connectivity index (χ0n) is 6.62. The average molecular weight is 177 g/mol. The topological polar surface area (TPSA) is 94.5 Å². The van der Waals surface area contributed by atoms with Crippen molar-refractivity contribution in [2.75, 3.05) is 5.43 Å². The van der Waals surface area contributed by atoms with Crippen molar-refractivity contribution in [3.05, 3.63) is 25.0 Å². The first-order valence-corrected chi connectivity index (χ1v) is 3.54. The van der Waals surface area contributed by atoms with Crippen LogP contribution in [0.1, 0.15) is 0 Å². The number of aromatic nitrogens is 5. The Labute approximate surface area is 73.6 Å². The number of nitrogens with zero attached hydrogens (tertiary/aromatic N) is 5. The fraction of sp³-hybridized carbons (Fsp3) is 0. The molecule has 0 aliphatic rings. The van der Waals surface area contributed by atoms with E-state index in [1.54, 1.807) is 12.4 Å². The van der Waals surface area contributed by atoms with Gasteiger partial charge in [0.05, 0.1) is 0 Å². The minimum atomic E-state index is 0.528. The lowest BCUT2D eigenvalue weighted by molar-refractivity contribution is 0.838. The Bertz CT molecular complexity index is 382. The molecule has 0 spiro atoms. The van der Waals surface area contributed by atoms with E-state index in [4.69, 9.17) is 5.84 Å². The number of anilines is 1. The summed E-state index contributed by atoms with van der Waals surface area (Å²) in [6.07, 6.45) is 4.37. The monoisotopic (exact) mass is 177 g/mol. The molecule has 0 unspecified atom stereocenters. The smallest absolute Gasteiger partial charge is 0.160 e. The molecule has 7 nitrogen and oxygen atoms in total. The zero-order valence-corrected chi connectivity index (χ0v) is 6.62. The van der Waals surface area contributed by atoms with Gasteiger partial charge in [-0.2, -0.15) is 5.10 Å². The second kappa shape index (κ2) is 3.15. The summed E-state index contributed by atoms with van der Waals surface area (Å²) in [7, 11) is 0. The summed E-state index contributed by atoms with van der Waals surface area (Å²) in [5, 5.41) is 3.91. The Morgan fingerprint density at radius 3 is 2.92 bits per heavy atom. The highest BCUT2D eigenvalue weighted by atomic mass is 15.3. The van der Waals surface area contributed by atoms with Crippen LogP contribution in [0.15, 0.2) is 25.0 Å². The lowest BCUT2D eigenvalue weighted by atomic mass is 10.5. The molecule has 2 aromatic heterocycles. The summed E-state index contributed by atoms with van der Waals surface area (Å²) in [6, 6.07) is 1.66. The first kappa shape index (κ1) is 7.62. The molecule has 0 amide bonds. The maximum Gasteiger partial charge on any atom is 0.160 e. The molecule has 66 valence electrons. The van der Waals surface area contributed by atoms with Crippen molar-refractivity contribution < 1.29 is 0 Å². The highest BCUT2D eigenvalue weighted by Crippen LogP contribution is 2.04. The molecule has 3 N–H and O–H groups in total. The zero-order chi connectivity index (χ0) is 9.10. The van der Waals surface area contributed by atoms with E-state index in [0.29, 0.717) is 11.6 Å². The third-order valence-electron chi connectivity index (χ3n) is 1.45. The van der Waals surface area contributed by atoms with Gasteiger partial charge in [0.25, 0.3) is 0 Å². The summed E-state index contributed by atoms with van der Waals surface area (Å²) in [6.45, 7) is 0. The van der Waals surface area contributed by atoms with Gasteiger partial charge in [0.1, 0.15) is 24.8 Å². The van der Waals surface area contributed by atoms with Crippen molar-refractivity contribution in [2.45, 2.75) is 0 Å². The molecule has 2 aromatic rings. The molecule has 13 heavy (non-hydrogen) atoms. The molecule has 0 saturated heterocycles. The highest BCUT2D eigenvalue weighted by molar-refractivity contribution is 5.38. The van der Waals surface area contributed by atoms with Crippen molar-refractivity contribution in [3.63, 3.8) is 0 Å². The molecule has 0 aliphatic carbocycles. The number of hydrogen-bond acceptors (Lipinski definition) is 6. The van der Waals surface area contributed by atoms with Crippen LogP contribution in [0.25, 0.3) is 5.82 Å². The third kappa shape index (κ3) is 1.44. The van der Waals surface area contributed by atoms with Gasteiger partial charge in [-0.3, -0.25) is 0 Å². The lowest BCUT2D eigenvalue weighted by Crippen LogP contribution is -2.10. The van der Waals surface area contributed by atoms with Crippen LogP contribution in [0, 0.1) is 0 Å². The van der Waals surface area contributed by atoms with Gasteiger partial charge in [-0.1, -0.05) is 0 Å². The van der Waals surface area contributed by atoms with Crippen molar-refractivity contribution in [1.82, 2.24) is 24.7 Å². The fourth-order valence-corrected chi connectivity index (χ4v) is 0.878. The van der Waals surface area contributed by atoms with Crippen LogP contribution in [0.5, 0.6) is 0 Å². The lowest BCUT2D eigenvalue weighted by Gasteiger charge is -2.00. The Morgan fingerprint density at radius 2 is 2.23 bits per heavy atom. The Kier molecular flexibility index (Phi) is 1.85. The van der Waals surface area contributed by atoms with E-state index in [9.17, 15) is 0 Å². The first-order valence-electron chi connectivity index (χ1n) is 3.54. The van der Waals surface area contributed by atoms with Gasteiger partial charge in [-0.15, -0.1) is 0 Å².